The average molecular weight is 498 g/mol. The third-order valence-corrected chi connectivity index (χ3v) is 7.81. The highest BCUT2D eigenvalue weighted by molar-refractivity contribution is 7.97. The Morgan fingerprint density at radius 3 is 2.06 bits per heavy atom. The van der Waals surface area contributed by atoms with Gasteiger partial charge in [-0.1, -0.05) is 60.7 Å². The van der Waals surface area contributed by atoms with Crippen LogP contribution in [0.15, 0.2) is 114 Å². The van der Waals surface area contributed by atoms with Gasteiger partial charge in [0, 0.05) is 5.69 Å². The van der Waals surface area contributed by atoms with Crippen molar-refractivity contribution in [1.82, 2.24) is 0 Å². The van der Waals surface area contributed by atoms with Crippen LogP contribution in [0.25, 0.3) is 6.08 Å². The second-order valence-corrected chi connectivity index (χ2v) is 10.2. The molecule has 180 valence electrons. The monoisotopic (exact) mass is 497 g/mol. The van der Waals surface area contributed by atoms with Crippen molar-refractivity contribution in [2.24, 2.45) is 0 Å². The first-order chi connectivity index (χ1) is 17.5. The van der Waals surface area contributed by atoms with Crippen LogP contribution in [0, 0.1) is 0 Å². The molecule has 0 saturated carbocycles. The molecule has 1 aliphatic rings. The normalized spacial score (nSPS) is 17.8. The third kappa shape index (κ3) is 4.48. The molecule has 0 spiro atoms. The number of sulfone groups is 1. The van der Waals surface area contributed by atoms with E-state index in [1.807, 2.05) is 30.3 Å². The molecule has 0 radical (unpaired) electrons. The Balaban J connectivity index is 1.58. The van der Waals surface area contributed by atoms with Crippen molar-refractivity contribution in [2.75, 3.05) is 12.0 Å². The molecular weight excluding hydrogens is 474 g/mol. The van der Waals surface area contributed by atoms with Crippen LogP contribution >= 0.6 is 0 Å². The van der Waals surface area contributed by atoms with Gasteiger partial charge in [-0.3, -0.25) is 9.69 Å². The fraction of sp³-hybridized carbons (Fsp3) is 0.0690. The number of rotatable bonds is 6. The van der Waals surface area contributed by atoms with Crippen LogP contribution in [0.3, 0.4) is 0 Å². The van der Waals surface area contributed by atoms with Gasteiger partial charge in [-0.2, -0.15) is 0 Å². The van der Waals surface area contributed by atoms with Crippen LogP contribution in [0.4, 0.5) is 5.69 Å². The molecule has 7 heteroatoms. The first-order valence-electron chi connectivity index (χ1n) is 11.3. The molecule has 36 heavy (non-hydrogen) atoms. The van der Waals surface area contributed by atoms with Gasteiger partial charge in [0.1, 0.15) is 22.2 Å². The number of carbonyl (C=O) groups is 1. The smallest absolute Gasteiger partial charge is 0.271 e. The minimum absolute atomic E-state index is 0.274. The molecule has 6 nitrogen and oxygen atoms in total. The standard InChI is InChI=1S/C29H23NO5S/c1-34-24-17-15-23(16-18-24)30-28(31)27(36(32,33)29(30)22-10-4-2-5-11-22)20-21-9-8-14-26(19-21)35-25-12-6-3-7-13-25/h2-20,29H,1H3/b27-20+. The molecule has 1 aliphatic heterocycles. The second-order valence-electron chi connectivity index (χ2n) is 8.18. The fourth-order valence-corrected chi connectivity index (χ4v) is 6.03. The molecule has 1 saturated heterocycles. The zero-order valence-corrected chi connectivity index (χ0v) is 20.3. The summed E-state index contributed by atoms with van der Waals surface area (Å²) in [5.41, 5.74) is 1.51. The zero-order valence-electron chi connectivity index (χ0n) is 19.4. The van der Waals surface area contributed by atoms with Crippen molar-refractivity contribution in [3.63, 3.8) is 0 Å². The molecule has 1 unspecified atom stereocenters. The van der Waals surface area contributed by atoms with Crippen molar-refractivity contribution in [1.29, 1.82) is 0 Å². The van der Waals surface area contributed by atoms with Crippen LogP contribution in [-0.4, -0.2) is 21.4 Å². The molecule has 5 rings (SSSR count). The number of amides is 1. The predicted molar refractivity (Wildman–Crippen MR) is 140 cm³/mol. The maximum absolute atomic E-state index is 13.8. The highest BCUT2D eigenvalue weighted by atomic mass is 32.2. The summed E-state index contributed by atoms with van der Waals surface area (Å²) >= 11 is 0. The lowest BCUT2D eigenvalue weighted by atomic mass is 10.1. The Morgan fingerprint density at radius 1 is 0.750 bits per heavy atom. The highest BCUT2D eigenvalue weighted by Gasteiger charge is 2.50. The molecule has 4 aromatic rings. The number of nitrogens with zero attached hydrogens (tertiary/aromatic N) is 1. The summed E-state index contributed by atoms with van der Waals surface area (Å²) in [6.07, 6.45) is 1.41. The molecular formula is C29H23NO5S. The van der Waals surface area contributed by atoms with Gasteiger partial charge in [0.2, 0.25) is 9.84 Å². The maximum Gasteiger partial charge on any atom is 0.271 e. The average Bonchev–Trinajstić information content (AvgIpc) is 3.10. The van der Waals surface area contributed by atoms with E-state index in [0.29, 0.717) is 34.1 Å². The summed E-state index contributed by atoms with van der Waals surface area (Å²) in [7, 11) is -2.50. The van der Waals surface area contributed by atoms with Gasteiger partial charge in [0.15, 0.2) is 5.37 Å². The van der Waals surface area contributed by atoms with Gasteiger partial charge >= 0.3 is 0 Å². The zero-order chi connectivity index (χ0) is 25.1. The van der Waals surface area contributed by atoms with Crippen LogP contribution in [-0.2, 0) is 14.6 Å². The number of hydrogen-bond donors (Lipinski definition) is 0. The minimum Gasteiger partial charge on any atom is -0.497 e. The Hall–Kier alpha value is -4.36. The molecule has 1 fully saturated rings. The molecule has 4 aromatic carbocycles. The van der Waals surface area contributed by atoms with Crippen molar-refractivity contribution in [3.8, 4) is 17.2 Å². The molecule has 1 atom stereocenters. The number of methoxy groups -OCH3 is 1. The number of benzene rings is 4. The number of hydrogen-bond acceptors (Lipinski definition) is 5. The first-order valence-corrected chi connectivity index (χ1v) is 12.8. The van der Waals surface area contributed by atoms with E-state index in [0.717, 1.165) is 0 Å². The summed E-state index contributed by atoms with van der Waals surface area (Å²) < 4.78 is 38.7. The molecule has 0 bridgehead atoms. The number of para-hydroxylation sites is 1. The lowest BCUT2D eigenvalue weighted by Crippen LogP contribution is -2.28. The van der Waals surface area contributed by atoms with Gasteiger partial charge in [-0.15, -0.1) is 0 Å². The lowest BCUT2D eigenvalue weighted by molar-refractivity contribution is -0.114. The molecule has 0 N–H and O–H groups in total. The fourth-order valence-electron chi connectivity index (χ4n) is 4.13. The van der Waals surface area contributed by atoms with E-state index in [-0.39, 0.29) is 4.91 Å². The lowest BCUT2D eigenvalue weighted by Gasteiger charge is -2.23. The Morgan fingerprint density at radius 2 is 1.39 bits per heavy atom. The van der Waals surface area contributed by atoms with Gasteiger partial charge < -0.3 is 9.47 Å². The molecule has 0 aliphatic carbocycles. The Kier molecular flexibility index (Phi) is 6.31. The summed E-state index contributed by atoms with van der Waals surface area (Å²) in [5.74, 6) is 1.20. The van der Waals surface area contributed by atoms with Crippen molar-refractivity contribution < 1.29 is 22.7 Å². The summed E-state index contributed by atoms with van der Waals surface area (Å²) in [6, 6.07) is 31.7. The highest BCUT2D eigenvalue weighted by Crippen LogP contribution is 2.43. The predicted octanol–water partition coefficient (Wildman–Crippen LogP) is 5.99. The summed E-state index contributed by atoms with van der Waals surface area (Å²) in [5, 5.41) is -1.19. The summed E-state index contributed by atoms with van der Waals surface area (Å²) in [4.78, 5) is 14.7. The third-order valence-electron chi connectivity index (χ3n) is 5.83. The van der Waals surface area contributed by atoms with Crippen LogP contribution in [0.1, 0.15) is 16.5 Å². The van der Waals surface area contributed by atoms with Crippen molar-refractivity contribution in [2.45, 2.75) is 5.37 Å². The quantitative estimate of drug-likeness (QED) is 0.306. The Labute approximate surface area is 210 Å². The first kappa shape index (κ1) is 23.4. The minimum atomic E-state index is -4.05. The van der Waals surface area contributed by atoms with E-state index in [1.54, 1.807) is 86.0 Å². The van der Waals surface area contributed by atoms with Gasteiger partial charge in [-0.25, -0.2) is 8.42 Å². The van der Waals surface area contributed by atoms with Crippen molar-refractivity contribution >= 4 is 27.5 Å². The largest absolute Gasteiger partial charge is 0.497 e. The molecule has 0 aromatic heterocycles. The van der Waals surface area contributed by atoms with Crippen LogP contribution in [0.5, 0.6) is 17.2 Å². The summed E-state index contributed by atoms with van der Waals surface area (Å²) in [6.45, 7) is 0. The van der Waals surface area contributed by atoms with E-state index >= 15 is 0 Å². The topological polar surface area (TPSA) is 72.9 Å². The van der Waals surface area contributed by atoms with E-state index in [4.69, 9.17) is 9.47 Å². The van der Waals surface area contributed by atoms with Crippen LogP contribution in [0.2, 0.25) is 0 Å². The van der Waals surface area contributed by atoms with E-state index < -0.39 is 21.1 Å². The van der Waals surface area contributed by atoms with Crippen molar-refractivity contribution in [3.05, 3.63) is 125 Å². The van der Waals surface area contributed by atoms with E-state index in [9.17, 15) is 13.2 Å². The molecule has 1 amide bonds. The van der Waals surface area contributed by atoms with Gasteiger partial charge in [0.05, 0.1) is 7.11 Å². The second kappa shape index (κ2) is 9.71. The van der Waals surface area contributed by atoms with Gasteiger partial charge in [-0.05, 0) is 65.7 Å². The van der Waals surface area contributed by atoms with E-state index in [1.165, 1.54) is 11.0 Å². The Bertz CT molecular complexity index is 1520. The number of carbonyl (C=O) groups excluding carboxylic acids is 1. The number of anilines is 1. The van der Waals surface area contributed by atoms with E-state index in [2.05, 4.69) is 0 Å². The van der Waals surface area contributed by atoms with Gasteiger partial charge in [0.25, 0.3) is 5.91 Å². The number of ether oxygens (including phenoxy) is 2. The SMILES string of the molecule is COc1ccc(N2C(=O)/C(=C\c3cccc(Oc4ccccc4)c3)S(=O)(=O)C2c2ccccc2)cc1. The maximum atomic E-state index is 13.8. The molecule has 1 heterocycles. The van der Waals surface area contributed by atoms with Crippen LogP contribution < -0.4 is 14.4 Å².